The van der Waals surface area contributed by atoms with E-state index in [0.29, 0.717) is 18.0 Å². The summed E-state index contributed by atoms with van der Waals surface area (Å²) in [5.74, 6) is -0.233. The predicted octanol–water partition coefficient (Wildman–Crippen LogP) is 3.88. The normalized spacial score (nSPS) is 22.0. The smallest absolute Gasteiger partial charge is 0.228 e. The molecule has 1 aliphatic heterocycles. The van der Waals surface area contributed by atoms with E-state index < -0.39 is 0 Å². The molecule has 0 radical (unpaired) electrons. The molecule has 2 fully saturated rings. The van der Waals surface area contributed by atoms with Crippen LogP contribution in [-0.4, -0.2) is 29.8 Å². The van der Waals surface area contributed by atoms with Gasteiger partial charge < -0.3 is 10.2 Å². The number of carbonyl (C=O) groups excluding carboxylic acids is 2. The van der Waals surface area contributed by atoms with Crippen molar-refractivity contribution in [3.05, 3.63) is 66.0 Å². The molecule has 2 aliphatic rings. The molecule has 0 spiro atoms. The lowest BCUT2D eigenvalue weighted by atomic mass is 9.90. The van der Waals surface area contributed by atoms with Gasteiger partial charge in [0.25, 0.3) is 0 Å². The summed E-state index contributed by atoms with van der Waals surface area (Å²) in [7, 11) is 0. The van der Waals surface area contributed by atoms with E-state index in [-0.39, 0.29) is 29.5 Å². The van der Waals surface area contributed by atoms with Crippen molar-refractivity contribution in [2.45, 2.75) is 25.7 Å². The predicted molar refractivity (Wildman–Crippen MR) is 106 cm³/mol. The maximum Gasteiger partial charge on any atom is 0.228 e. The van der Waals surface area contributed by atoms with Gasteiger partial charge in [-0.05, 0) is 61.4 Å². The summed E-state index contributed by atoms with van der Waals surface area (Å²) in [6.45, 7) is 1.55. The Balaban J connectivity index is 1.24. The molecule has 1 heterocycles. The van der Waals surface area contributed by atoms with Crippen molar-refractivity contribution in [1.29, 1.82) is 0 Å². The van der Waals surface area contributed by atoms with Gasteiger partial charge in [0.05, 0.1) is 11.8 Å². The molecule has 2 atom stereocenters. The molecule has 146 valence electrons. The van der Waals surface area contributed by atoms with Gasteiger partial charge in [0, 0.05) is 18.8 Å². The first-order valence-electron chi connectivity index (χ1n) is 9.99. The fourth-order valence-corrected chi connectivity index (χ4v) is 4.07. The Morgan fingerprint density at radius 1 is 0.964 bits per heavy atom. The largest absolute Gasteiger partial charge is 0.342 e. The number of anilines is 1. The highest BCUT2D eigenvalue weighted by Gasteiger charge is 2.49. The molecule has 0 aromatic heterocycles. The molecule has 2 unspecified atom stereocenters. The highest BCUT2D eigenvalue weighted by atomic mass is 19.1. The minimum atomic E-state index is -0.340. The lowest BCUT2D eigenvalue weighted by molar-refractivity contribution is -0.135. The molecule has 2 aromatic carbocycles. The van der Waals surface area contributed by atoms with E-state index in [2.05, 4.69) is 29.6 Å². The lowest BCUT2D eigenvalue weighted by Gasteiger charge is -2.32. The Labute approximate surface area is 164 Å². The zero-order valence-electron chi connectivity index (χ0n) is 15.8. The molecule has 2 amide bonds. The highest BCUT2D eigenvalue weighted by Crippen LogP contribution is 2.41. The van der Waals surface area contributed by atoms with Crippen molar-refractivity contribution in [1.82, 2.24) is 4.90 Å². The van der Waals surface area contributed by atoms with Gasteiger partial charge in [0.2, 0.25) is 11.8 Å². The maximum atomic E-state index is 13.0. The molecule has 5 heteroatoms. The third kappa shape index (κ3) is 4.41. The van der Waals surface area contributed by atoms with Gasteiger partial charge >= 0.3 is 0 Å². The topological polar surface area (TPSA) is 49.4 Å². The van der Waals surface area contributed by atoms with Gasteiger partial charge in [-0.25, -0.2) is 4.39 Å². The second-order valence-electron chi connectivity index (χ2n) is 7.90. The average Bonchev–Trinajstić information content (AvgIpc) is 3.52. The Bertz CT molecular complexity index is 829. The van der Waals surface area contributed by atoms with Crippen molar-refractivity contribution in [2.75, 3.05) is 18.4 Å². The van der Waals surface area contributed by atoms with Crippen molar-refractivity contribution >= 4 is 17.5 Å². The number of nitrogens with zero attached hydrogens (tertiary/aromatic N) is 1. The van der Waals surface area contributed by atoms with Crippen LogP contribution in [0.3, 0.4) is 0 Å². The molecular weight excluding hydrogens is 355 g/mol. The maximum absolute atomic E-state index is 13.0. The lowest BCUT2D eigenvalue weighted by Crippen LogP contribution is -2.40. The van der Waals surface area contributed by atoms with E-state index in [9.17, 15) is 14.0 Å². The fraction of sp³-hybridized carbons (Fsp3) is 0.391. The Hall–Kier alpha value is -2.69. The number of rotatable bonds is 5. The van der Waals surface area contributed by atoms with Crippen LogP contribution in [0.15, 0.2) is 54.6 Å². The summed E-state index contributed by atoms with van der Waals surface area (Å²) in [6.07, 6.45) is 3.70. The fourth-order valence-electron chi connectivity index (χ4n) is 4.07. The van der Waals surface area contributed by atoms with E-state index in [1.165, 1.54) is 29.8 Å². The van der Waals surface area contributed by atoms with Gasteiger partial charge in [-0.3, -0.25) is 9.59 Å². The number of hydrogen-bond acceptors (Lipinski definition) is 2. The molecule has 1 aliphatic carbocycles. The number of nitrogens with one attached hydrogen (secondary N) is 1. The molecular formula is C23H25FN2O2. The minimum absolute atomic E-state index is 0.109. The number of piperidine rings is 1. The van der Waals surface area contributed by atoms with Crippen molar-refractivity contribution in [3.8, 4) is 0 Å². The van der Waals surface area contributed by atoms with Crippen LogP contribution >= 0.6 is 0 Å². The number of benzene rings is 2. The van der Waals surface area contributed by atoms with E-state index in [4.69, 9.17) is 0 Å². The number of amides is 2. The highest BCUT2D eigenvalue weighted by molar-refractivity contribution is 5.99. The number of carbonyl (C=O) groups is 2. The minimum Gasteiger partial charge on any atom is -0.342 e. The van der Waals surface area contributed by atoms with Crippen LogP contribution < -0.4 is 5.32 Å². The first kappa shape index (κ1) is 18.7. The van der Waals surface area contributed by atoms with E-state index >= 15 is 0 Å². The number of hydrogen-bond donors (Lipinski definition) is 1. The molecule has 1 saturated heterocycles. The Kier molecular flexibility index (Phi) is 5.42. The third-order valence-electron chi connectivity index (χ3n) is 5.85. The van der Waals surface area contributed by atoms with E-state index in [0.717, 1.165) is 32.4 Å². The summed E-state index contributed by atoms with van der Waals surface area (Å²) in [6, 6.07) is 16.2. The quantitative estimate of drug-likeness (QED) is 0.856. The van der Waals surface area contributed by atoms with Crippen LogP contribution in [-0.2, 0) is 16.0 Å². The molecule has 4 nitrogen and oxygen atoms in total. The van der Waals surface area contributed by atoms with Crippen LogP contribution in [0.5, 0.6) is 0 Å². The second kappa shape index (κ2) is 8.13. The monoisotopic (exact) mass is 380 g/mol. The van der Waals surface area contributed by atoms with Gasteiger partial charge in [-0.15, -0.1) is 0 Å². The molecule has 0 bridgehead atoms. The van der Waals surface area contributed by atoms with Gasteiger partial charge in [0.15, 0.2) is 0 Å². The number of halogens is 1. The average molecular weight is 380 g/mol. The van der Waals surface area contributed by atoms with Gasteiger partial charge in [-0.1, -0.05) is 30.3 Å². The molecule has 2 aromatic rings. The Morgan fingerprint density at radius 2 is 1.64 bits per heavy atom. The molecule has 4 rings (SSSR count). The third-order valence-corrected chi connectivity index (χ3v) is 5.85. The van der Waals surface area contributed by atoms with Crippen LogP contribution in [0.1, 0.15) is 24.8 Å². The first-order valence-corrected chi connectivity index (χ1v) is 9.99. The molecule has 1 saturated carbocycles. The van der Waals surface area contributed by atoms with Crippen LogP contribution in [0, 0.1) is 23.6 Å². The first-order chi connectivity index (χ1) is 13.6. The molecule has 28 heavy (non-hydrogen) atoms. The van der Waals surface area contributed by atoms with Crippen molar-refractivity contribution < 1.29 is 14.0 Å². The summed E-state index contributed by atoms with van der Waals surface area (Å²) in [5.41, 5.74) is 1.92. The zero-order valence-corrected chi connectivity index (χ0v) is 15.8. The van der Waals surface area contributed by atoms with Crippen molar-refractivity contribution in [3.63, 3.8) is 0 Å². The number of likely N-dealkylation sites (tertiary alicyclic amines) is 1. The SMILES string of the molecule is O=C(Nc1ccc(F)cc1)C1CC1C(=O)N1CCC(Cc2ccccc2)CC1. The summed E-state index contributed by atoms with van der Waals surface area (Å²) < 4.78 is 13.0. The molecule has 1 N–H and O–H groups in total. The van der Waals surface area contributed by atoms with E-state index in [1.807, 2.05) is 11.0 Å². The zero-order chi connectivity index (χ0) is 19.5. The standard InChI is InChI=1S/C23H25FN2O2/c24-18-6-8-19(9-7-18)25-22(27)20-15-21(20)23(28)26-12-10-17(11-13-26)14-16-4-2-1-3-5-16/h1-9,17,20-21H,10-15H2,(H,25,27). The van der Waals surface area contributed by atoms with Crippen LogP contribution in [0.25, 0.3) is 0 Å². The van der Waals surface area contributed by atoms with Gasteiger partial charge in [-0.2, -0.15) is 0 Å². The van der Waals surface area contributed by atoms with Crippen LogP contribution in [0.2, 0.25) is 0 Å². The Morgan fingerprint density at radius 3 is 2.32 bits per heavy atom. The van der Waals surface area contributed by atoms with Crippen molar-refractivity contribution in [2.24, 2.45) is 17.8 Å². The summed E-state index contributed by atoms with van der Waals surface area (Å²) in [5, 5.41) is 2.78. The summed E-state index contributed by atoms with van der Waals surface area (Å²) >= 11 is 0. The second-order valence-corrected chi connectivity index (χ2v) is 7.90. The van der Waals surface area contributed by atoms with Gasteiger partial charge in [0.1, 0.15) is 5.82 Å². The van der Waals surface area contributed by atoms with E-state index in [1.54, 1.807) is 0 Å². The summed E-state index contributed by atoms with van der Waals surface area (Å²) in [4.78, 5) is 27.0. The van der Waals surface area contributed by atoms with Crippen LogP contribution in [0.4, 0.5) is 10.1 Å².